The number of nitrogens with one attached hydrogen (secondary N) is 1. The Morgan fingerprint density at radius 2 is 2.17 bits per heavy atom. The van der Waals surface area contributed by atoms with Crippen molar-refractivity contribution in [3.05, 3.63) is 23.0 Å². The summed E-state index contributed by atoms with van der Waals surface area (Å²) < 4.78 is 2.40. The van der Waals surface area contributed by atoms with Crippen LogP contribution in [0.15, 0.2) is 6.07 Å². The minimum absolute atomic E-state index is 0.729. The molecular weight excluding hydrogens is 240 g/mol. The minimum atomic E-state index is 0.729. The molecular formula is C15H26N2S. The molecule has 1 saturated carbocycles. The van der Waals surface area contributed by atoms with Crippen molar-refractivity contribution < 1.29 is 0 Å². The standard InChI is InChI=1S/C15H26N2S/c1-5-17-11(2)8-13(12(17)3)10-16-14-6-7-15(9-14)18-4/h8,14-16H,5-7,9-10H2,1-4H3. The van der Waals surface area contributed by atoms with E-state index in [2.05, 4.69) is 43.0 Å². The molecule has 1 aromatic rings. The third kappa shape index (κ3) is 2.94. The van der Waals surface area contributed by atoms with Gasteiger partial charge in [-0.1, -0.05) is 0 Å². The van der Waals surface area contributed by atoms with Gasteiger partial charge in [0.1, 0.15) is 0 Å². The summed E-state index contributed by atoms with van der Waals surface area (Å²) in [6, 6.07) is 3.07. The second-order valence-corrected chi connectivity index (χ2v) is 6.53. The molecule has 1 N–H and O–H groups in total. The zero-order valence-electron chi connectivity index (χ0n) is 12.1. The molecule has 1 aliphatic carbocycles. The molecule has 0 saturated heterocycles. The van der Waals surface area contributed by atoms with Crippen molar-refractivity contribution in [2.75, 3.05) is 6.26 Å². The van der Waals surface area contributed by atoms with Gasteiger partial charge in [0.2, 0.25) is 0 Å². The van der Waals surface area contributed by atoms with Crippen molar-refractivity contribution >= 4 is 11.8 Å². The highest BCUT2D eigenvalue weighted by molar-refractivity contribution is 7.99. The van der Waals surface area contributed by atoms with E-state index in [0.717, 1.165) is 24.4 Å². The number of thioether (sulfide) groups is 1. The Morgan fingerprint density at radius 3 is 2.72 bits per heavy atom. The summed E-state index contributed by atoms with van der Waals surface area (Å²) in [4.78, 5) is 0. The highest BCUT2D eigenvalue weighted by Gasteiger charge is 2.23. The first-order valence-corrected chi connectivity index (χ1v) is 8.36. The van der Waals surface area contributed by atoms with Gasteiger partial charge >= 0.3 is 0 Å². The summed E-state index contributed by atoms with van der Waals surface area (Å²) in [7, 11) is 0. The van der Waals surface area contributed by atoms with Gasteiger partial charge in [0.25, 0.3) is 0 Å². The molecule has 18 heavy (non-hydrogen) atoms. The predicted molar refractivity (Wildman–Crippen MR) is 81.4 cm³/mol. The molecule has 2 nitrogen and oxygen atoms in total. The summed E-state index contributed by atoms with van der Waals surface area (Å²) in [5.41, 5.74) is 4.30. The second-order valence-electron chi connectivity index (χ2n) is 5.39. The monoisotopic (exact) mass is 266 g/mol. The molecule has 1 aliphatic rings. The fourth-order valence-corrected chi connectivity index (χ4v) is 3.93. The van der Waals surface area contributed by atoms with Crippen molar-refractivity contribution in [3.63, 3.8) is 0 Å². The van der Waals surface area contributed by atoms with Crippen LogP contribution < -0.4 is 5.32 Å². The highest BCUT2D eigenvalue weighted by atomic mass is 32.2. The fourth-order valence-electron chi connectivity index (χ4n) is 3.13. The topological polar surface area (TPSA) is 17.0 Å². The van der Waals surface area contributed by atoms with Crippen molar-refractivity contribution in [2.24, 2.45) is 0 Å². The van der Waals surface area contributed by atoms with Gasteiger partial charge in [0, 0.05) is 35.8 Å². The molecule has 2 rings (SSSR count). The van der Waals surface area contributed by atoms with Crippen molar-refractivity contribution in [2.45, 2.75) is 64.4 Å². The van der Waals surface area contributed by atoms with Crippen LogP contribution in [0.2, 0.25) is 0 Å². The van der Waals surface area contributed by atoms with E-state index in [1.165, 1.54) is 36.2 Å². The summed E-state index contributed by atoms with van der Waals surface area (Å²) in [5, 5.41) is 4.62. The first kappa shape index (κ1) is 14.0. The summed E-state index contributed by atoms with van der Waals surface area (Å²) >= 11 is 2.03. The van der Waals surface area contributed by atoms with Gasteiger partial charge in [-0.2, -0.15) is 11.8 Å². The molecule has 0 aromatic carbocycles. The first-order chi connectivity index (χ1) is 8.65. The molecule has 2 unspecified atom stereocenters. The molecule has 0 amide bonds. The summed E-state index contributed by atoms with van der Waals surface area (Å²) in [6.07, 6.45) is 6.31. The Bertz CT molecular complexity index is 397. The Balaban J connectivity index is 1.91. The van der Waals surface area contributed by atoms with Gasteiger partial charge in [-0.15, -0.1) is 0 Å². The van der Waals surface area contributed by atoms with E-state index >= 15 is 0 Å². The van der Waals surface area contributed by atoms with E-state index in [9.17, 15) is 0 Å². The van der Waals surface area contributed by atoms with Crippen LogP contribution in [0.25, 0.3) is 0 Å². The van der Waals surface area contributed by atoms with Crippen molar-refractivity contribution in [1.29, 1.82) is 0 Å². The minimum Gasteiger partial charge on any atom is -0.349 e. The summed E-state index contributed by atoms with van der Waals surface area (Å²) in [5.74, 6) is 0. The van der Waals surface area contributed by atoms with Gasteiger partial charge in [-0.3, -0.25) is 0 Å². The largest absolute Gasteiger partial charge is 0.349 e. The number of rotatable bonds is 5. The molecule has 1 fully saturated rings. The lowest BCUT2D eigenvalue weighted by atomic mass is 10.2. The van der Waals surface area contributed by atoms with Crippen LogP contribution in [-0.4, -0.2) is 22.1 Å². The van der Waals surface area contributed by atoms with Gasteiger partial charge in [0.05, 0.1) is 0 Å². The maximum Gasteiger partial charge on any atom is 0.0225 e. The zero-order chi connectivity index (χ0) is 13.1. The van der Waals surface area contributed by atoms with Crippen LogP contribution >= 0.6 is 11.8 Å². The maximum absolute atomic E-state index is 3.74. The number of hydrogen-bond acceptors (Lipinski definition) is 2. The van der Waals surface area contributed by atoms with Crippen LogP contribution in [0.3, 0.4) is 0 Å². The molecule has 0 aliphatic heterocycles. The van der Waals surface area contributed by atoms with Gasteiger partial charge in [-0.05, 0) is 57.9 Å². The number of aromatic nitrogens is 1. The summed E-state index contributed by atoms with van der Waals surface area (Å²) in [6.45, 7) is 8.78. The van der Waals surface area contributed by atoms with Gasteiger partial charge in [0.15, 0.2) is 0 Å². The van der Waals surface area contributed by atoms with E-state index in [1.54, 1.807) is 0 Å². The van der Waals surface area contributed by atoms with E-state index < -0.39 is 0 Å². The van der Waals surface area contributed by atoms with Crippen LogP contribution in [0.4, 0.5) is 0 Å². The molecule has 102 valence electrons. The van der Waals surface area contributed by atoms with Gasteiger partial charge in [-0.25, -0.2) is 0 Å². The van der Waals surface area contributed by atoms with E-state index in [4.69, 9.17) is 0 Å². The third-order valence-electron chi connectivity index (χ3n) is 4.29. The average molecular weight is 266 g/mol. The highest BCUT2D eigenvalue weighted by Crippen LogP contribution is 2.28. The van der Waals surface area contributed by atoms with E-state index in [-0.39, 0.29) is 0 Å². The average Bonchev–Trinajstić information content (AvgIpc) is 2.92. The van der Waals surface area contributed by atoms with Crippen LogP contribution in [-0.2, 0) is 13.1 Å². The fraction of sp³-hybridized carbons (Fsp3) is 0.733. The number of aryl methyl sites for hydroxylation is 1. The molecule has 0 spiro atoms. The lowest BCUT2D eigenvalue weighted by molar-refractivity contribution is 0.523. The second kappa shape index (κ2) is 6.16. The Hall–Kier alpha value is -0.410. The SMILES string of the molecule is CCn1c(C)cc(CNC2CCC(SC)C2)c1C. The molecule has 2 atom stereocenters. The molecule has 3 heteroatoms. The maximum atomic E-state index is 3.74. The normalized spacial score (nSPS) is 23.8. The van der Waals surface area contributed by atoms with Crippen LogP contribution in [0.1, 0.15) is 43.1 Å². The smallest absolute Gasteiger partial charge is 0.0225 e. The lowest BCUT2D eigenvalue weighted by Gasteiger charge is -2.13. The molecule has 1 aromatic heterocycles. The molecule has 1 heterocycles. The van der Waals surface area contributed by atoms with Crippen LogP contribution in [0, 0.1) is 13.8 Å². The van der Waals surface area contributed by atoms with E-state index in [1.807, 2.05) is 11.8 Å². The number of hydrogen-bond donors (Lipinski definition) is 1. The Morgan fingerprint density at radius 1 is 1.39 bits per heavy atom. The first-order valence-electron chi connectivity index (χ1n) is 7.07. The predicted octanol–water partition coefficient (Wildman–Crippen LogP) is 3.50. The zero-order valence-corrected chi connectivity index (χ0v) is 12.9. The molecule has 0 radical (unpaired) electrons. The Labute approximate surface area is 116 Å². The quantitative estimate of drug-likeness (QED) is 0.878. The van der Waals surface area contributed by atoms with Gasteiger partial charge < -0.3 is 9.88 Å². The third-order valence-corrected chi connectivity index (χ3v) is 5.39. The van der Waals surface area contributed by atoms with Crippen LogP contribution in [0.5, 0.6) is 0 Å². The van der Waals surface area contributed by atoms with E-state index in [0.29, 0.717) is 0 Å². The van der Waals surface area contributed by atoms with Crippen molar-refractivity contribution in [3.8, 4) is 0 Å². The number of nitrogens with zero attached hydrogens (tertiary/aromatic N) is 1. The Kier molecular flexibility index (Phi) is 4.79. The lowest BCUT2D eigenvalue weighted by Crippen LogP contribution is -2.26. The molecule has 0 bridgehead atoms. The van der Waals surface area contributed by atoms with Crippen molar-refractivity contribution in [1.82, 2.24) is 9.88 Å².